The summed E-state index contributed by atoms with van der Waals surface area (Å²) in [5, 5.41) is 6.30. The Hall–Kier alpha value is -0.810. The lowest BCUT2D eigenvalue weighted by atomic mass is 9.80. The maximum atomic E-state index is 12.8. The van der Waals surface area contributed by atoms with Gasteiger partial charge in [0.25, 0.3) is 0 Å². The van der Waals surface area contributed by atoms with Gasteiger partial charge in [0.2, 0.25) is 11.8 Å². The van der Waals surface area contributed by atoms with Gasteiger partial charge in [-0.3, -0.25) is 9.59 Å². The summed E-state index contributed by atoms with van der Waals surface area (Å²) in [7, 11) is 0. The van der Waals surface area contributed by atoms with E-state index in [1.165, 1.54) is 6.92 Å². The molecule has 0 spiro atoms. The predicted molar refractivity (Wildman–Crippen MR) is 80.9 cm³/mol. The predicted octanol–water partition coefficient (Wildman–Crippen LogP) is 1.07. The van der Waals surface area contributed by atoms with Crippen molar-refractivity contribution in [3.63, 3.8) is 0 Å². The van der Waals surface area contributed by atoms with Gasteiger partial charge in [0, 0.05) is 32.6 Å². The van der Waals surface area contributed by atoms with Crippen LogP contribution in [0.3, 0.4) is 0 Å². The van der Waals surface area contributed by atoms with E-state index in [2.05, 4.69) is 17.6 Å². The molecule has 5 nitrogen and oxygen atoms in total. The number of hydrogen-bond acceptors (Lipinski definition) is 3. The van der Waals surface area contributed by atoms with Gasteiger partial charge in [0.05, 0.1) is 0 Å². The fourth-order valence-corrected chi connectivity index (χ4v) is 3.30. The van der Waals surface area contributed by atoms with Crippen LogP contribution in [-0.2, 0) is 9.59 Å². The van der Waals surface area contributed by atoms with Crippen LogP contribution in [0, 0.1) is 0 Å². The van der Waals surface area contributed by atoms with Crippen molar-refractivity contribution in [2.45, 2.75) is 57.5 Å². The minimum Gasteiger partial charge on any atom is -0.342 e. The third kappa shape index (κ3) is 3.85. The smallest absolute Gasteiger partial charge is 0.248 e. The third-order valence-corrected chi connectivity index (χ3v) is 4.19. The largest absolute Gasteiger partial charge is 0.342 e. The van der Waals surface area contributed by atoms with Crippen molar-refractivity contribution in [3.8, 4) is 0 Å². The van der Waals surface area contributed by atoms with Crippen molar-refractivity contribution in [2.75, 3.05) is 19.6 Å². The molecular weight excluding hydrogens is 278 g/mol. The molecule has 0 aromatic carbocycles. The summed E-state index contributed by atoms with van der Waals surface area (Å²) in [5.74, 6) is 0.0224. The number of amides is 2. The summed E-state index contributed by atoms with van der Waals surface area (Å²) < 4.78 is 0. The first-order valence-electron chi connectivity index (χ1n) is 7.35. The topological polar surface area (TPSA) is 61.4 Å². The zero-order valence-corrected chi connectivity index (χ0v) is 13.2. The molecular formula is C14H26ClN3O2. The Morgan fingerprint density at radius 2 is 1.90 bits per heavy atom. The lowest BCUT2D eigenvalue weighted by molar-refractivity contribution is -0.144. The summed E-state index contributed by atoms with van der Waals surface area (Å²) in [6.45, 7) is 5.91. The quantitative estimate of drug-likeness (QED) is 0.802. The van der Waals surface area contributed by atoms with E-state index < -0.39 is 5.54 Å². The molecule has 20 heavy (non-hydrogen) atoms. The van der Waals surface area contributed by atoms with E-state index in [1.807, 2.05) is 4.90 Å². The average Bonchev–Trinajstić information content (AvgIpc) is 2.38. The second kappa shape index (κ2) is 7.27. The Labute approximate surface area is 127 Å². The molecule has 0 radical (unpaired) electrons. The van der Waals surface area contributed by atoms with Gasteiger partial charge in [-0.05, 0) is 19.8 Å². The first-order chi connectivity index (χ1) is 9.03. The van der Waals surface area contributed by atoms with Gasteiger partial charge in [-0.2, -0.15) is 0 Å². The molecule has 2 amide bonds. The summed E-state index contributed by atoms with van der Waals surface area (Å²) in [6.07, 6.45) is 4.77. The standard InChI is InChI=1S/C14H25N3O2.ClH/c1-11-10-17(9-8-15-11)13(19)14(16-12(2)18)6-4-3-5-7-14;/h11,15H,3-10H2,1-2H3,(H,16,18);1H. The Kier molecular flexibility index (Phi) is 6.27. The second-order valence-electron chi connectivity index (χ2n) is 5.93. The first kappa shape index (κ1) is 17.2. The van der Waals surface area contributed by atoms with Gasteiger partial charge in [-0.15, -0.1) is 12.4 Å². The number of nitrogens with one attached hydrogen (secondary N) is 2. The van der Waals surface area contributed by atoms with Crippen molar-refractivity contribution in [1.29, 1.82) is 0 Å². The second-order valence-corrected chi connectivity index (χ2v) is 5.93. The minimum atomic E-state index is -0.638. The molecule has 1 saturated carbocycles. The summed E-state index contributed by atoms with van der Waals surface area (Å²) in [6, 6.07) is 0.329. The molecule has 1 atom stereocenters. The van der Waals surface area contributed by atoms with Gasteiger partial charge >= 0.3 is 0 Å². The van der Waals surface area contributed by atoms with Gasteiger partial charge in [-0.25, -0.2) is 0 Å². The van der Waals surface area contributed by atoms with E-state index in [0.29, 0.717) is 6.04 Å². The molecule has 2 aliphatic rings. The minimum absolute atomic E-state index is 0. The molecule has 1 unspecified atom stereocenters. The molecule has 0 aromatic heterocycles. The number of hydrogen-bond donors (Lipinski definition) is 2. The molecule has 2 rings (SSSR count). The van der Waals surface area contributed by atoms with E-state index in [1.54, 1.807) is 0 Å². The van der Waals surface area contributed by atoms with Crippen LogP contribution < -0.4 is 10.6 Å². The number of carbonyl (C=O) groups is 2. The number of rotatable bonds is 2. The normalized spacial score (nSPS) is 25.5. The molecule has 6 heteroatoms. The van der Waals surface area contributed by atoms with Crippen LogP contribution in [0.25, 0.3) is 0 Å². The van der Waals surface area contributed by atoms with Crippen molar-refractivity contribution in [1.82, 2.24) is 15.5 Å². The van der Waals surface area contributed by atoms with Crippen molar-refractivity contribution >= 4 is 24.2 Å². The molecule has 1 heterocycles. The van der Waals surface area contributed by atoms with E-state index in [4.69, 9.17) is 0 Å². The fourth-order valence-electron chi connectivity index (χ4n) is 3.30. The Morgan fingerprint density at radius 3 is 2.45 bits per heavy atom. The van der Waals surface area contributed by atoms with Crippen LogP contribution in [0.1, 0.15) is 46.0 Å². The Bertz CT molecular complexity index is 356. The highest BCUT2D eigenvalue weighted by atomic mass is 35.5. The van der Waals surface area contributed by atoms with Gasteiger partial charge < -0.3 is 15.5 Å². The third-order valence-electron chi connectivity index (χ3n) is 4.19. The lowest BCUT2D eigenvalue weighted by Gasteiger charge is -2.42. The summed E-state index contributed by atoms with van der Waals surface area (Å²) in [4.78, 5) is 26.2. The number of halogens is 1. The van der Waals surface area contributed by atoms with Crippen molar-refractivity contribution in [2.24, 2.45) is 0 Å². The van der Waals surface area contributed by atoms with E-state index >= 15 is 0 Å². The highest BCUT2D eigenvalue weighted by Crippen LogP contribution is 2.30. The molecule has 0 bridgehead atoms. The van der Waals surface area contributed by atoms with Gasteiger partial charge in [-0.1, -0.05) is 19.3 Å². The van der Waals surface area contributed by atoms with Crippen LogP contribution in [0.15, 0.2) is 0 Å². The van der Waals surface area contributed by atoms with Crippen LogP contribution in [-0.4, -0.2) is 47.9 Å². The van der Waals surface area contributed by atoms with Crippen LogP contribution in [0.5, 0.6) is 0 Å². The average molecular weight is 304 g/mol. The summed E-state index contributed by atoms with van der Waals surface area (Å²) in [5.41, 5.74) is -0.638. The Balaban J connectivity index is 0.00000200. The maximum Gasteiger partial charge on any atom is 0.248 e. The number of piperazine rings is 1. The molecule has 116 valence electrons. The van der Waals surface area contributed by atoms with Crippen molar-refractivity contribution < 1.29 is 9.59 Å². The molecule has 2 N–H and O–H groups in total. The van der Waals surface area contributed by atoms with Gasteiger partial charge in [0.15, 0.2) is 0 Å². The number of nitrogens with zero attached hydrogens (tertiary/aromatic N) is 1. The highest BCUT2D eigenvalue weighted by Gasteiger charge is 2.43. The van der Waals surface area contributed by atoms with E-state index in [0.717, 1.165) is 51.7 Å². The van der Waals surface area contributed by atoms with Gasteiger partial charge in [0.1, 0.15) is 5.54 Å². The fraction of sp³-hybridized carbons (Fsp3) is 0.857. The molecule has 1 aliphatic heterocycles. The van der Waals surface area contributed by atoms with Crippen molar-refractivity contribution in [3.05, 3.63) is 0 Å². The SMILES string of the molecule is CC(=O)NC1(C(=O)N2CCNC(C)C2)CCCCC1.Cl. The molecule has 2 fully saturated rings. The zero-order valence-electron chi connectivity index (χ0n) is 12.4. The maximum absolute atomic E-state index is 12.8. The Morgan fingerprint density at radius 1 is 1.25 bits per heavy atom. The highest BCUT2D eigenvalue weighted by molar-refractivity contribution is 5.91. The van der Waals surface area contributed by atoms with E-state index in [9.17, 15) is 9.59 Å². The van der Waals surface area contributed by atoms with Crippen LogP contribution in [0.2, 0.25) is 0 Å². The molecule has 1 aliphatic carbocycles. The first-order valence-corrected chi connectivity index (χ1v) is 7.35. The summed E-state index contributed by atoms with van der Waals surface area (Å²) >= 11 is 0. The monoisotopic (exact) mass is 303 g/mol. The lowest BCUT2D eigenvalue weighted by Crippen LogP contribution is -2.63. The molecule has 1 saturated heterocycles. The van der Waals surface area contributed by atoms with Crippen LogP contribution >= 0.6 is 12.4 Å². The molecule has 0 aromatic rings. The van der Waals surface area contributed by atoms with Crippen LogP contribution in [0.4, 0.5) is 0 Å². The number of carbonyl (C=O) groups excluding carboxylic acids is 2. The zero-order chi connectivity index (χ0) is 13.9. The van der Waals surface area contributed by atoms with E-state index in [-0.39, 0.29) is 24.2 Å².